The Hall–Kier alpha value is 0. The van der Waals surface area contributed by atoms with Crippen LogP contribution < -0.4 is 0 Å². The third-order valence-electron chi connectivity index (χ3n) is 5.04. The van der Waals surface area contributed by atoms with Crippen LogP contribution in [0.4, 0.5) is 0 Å². The predicted octanol–water partition coefficient (Wildman–Crippen LogP) is 6.98. The van der Waals surface area contributed by atoms with Crippen LogP contribution in [0.1, 0.15) is 104 Å². The lowest BCUT2D eigenvalue weighted by molar-refractivity contribution is 0.363. The van der Waals surface area contributed by atoms with Crippen LogP contribution in [0, 0.1) is 17.8 Å². The van der Waals surface area contributed by atoms with Crippen molar-refractivity contribution in [3.63, 3.8) is 0 Å². The van der Waals surface area contributed by atoms with Crippen LogP contribution in [0.2, 0.25) is 0 Å². The first-order valence-electron chi connectivity index (χ1n) is 9.27. The van der Waals surface area contributed by atoms with Gasteiger partial charge in [0, 0.05) is 0 Å². The second-order valence-electron chi connectivity index (χ2n) is 7.13. The third kappa shape index (κ3) is 8.71. The molecule has 0 aromatic carbocycles. The summed E-state index contributed by atoms with van der Waals surface area (Å²) >= 11 is 0. The molecule has 0 aromatic heterocycles. The lowest BCUT2D eigenvalue weighted by Gasteiger charge is -2.16. The van der Waals surface area contributed by atoms with Crippen molar-refractivity contribution in [2.75, 3.05) is 0 Å². The first kappa shape index (κ1) is 17.1. The molecule has 1 aliphatic rings. The van der Waals surface area contributed by atoms with Gasteiger partial charge in [0.1, 0.15) is 0 Å². The molecule has 2 atom stereocenters. The van der Waals surface area contributed by atoms with Crippen molar-refractivity contribution in [1.82, 2.24) is 0 Å². The van der Waals surface area contributed by atoms with Gasteiger partial charge in [-0.1, -0.05) is 91.4 Å². The fourth-order valence-corrected chi connectivity index (χ4v) is 3.42. The van der Waals surface area contributed by atoms with Crippen molar-refractivity contribution < 1.29 is 0 Å². The molecule has 2 unspecified atom stereocenters. The lowest BCUT2D eigenvalue weighted by atomic mass is 9.90. The summed E-state index contributed by atoms with van der Waals surface area (Å²) in [4.78, 5) is 0. The summed E-state index contributed by atoms with van der Waals surface area (Å²) in [6.07, 6.45) is 19.2. The smallest absolute Gasteiger partial charge is 0.0386 e. The van der Waals surface area contributed by atoms with Gasteiger partial charge in [-0.05, 0) is 30.6 Å². The van der Waals surface area contributed by atoms with E-state index < -0.39 is 0 Å². The van der Waals surface area contributed by atoms with E-state index in [1.807, 2.05) is 0 Å². The first-order valence-corrected chi connectivity index (χ1v) is 9.27. The predicted molar refractivity (Wildman–Crippen MR) is 87.5 cm³/mol. The van der Waals surface area contributed by atoms with Gasteiger partial charge in [-0.15, -0.1) is 0 Å². The van der Waals surface area contributed by atoms with Gasteiger partial charge in [0.05, 0.1) is 0 Å². The molecule has 0 bridgehead atoms. The third-order valence-corrected chi connectivity index (χ3v) is 5.04. The first-order chi connectivity index (χ1) is 9.27. The van der Waals surface area contributed by atoms with E-state index in [2.05, 4.69) is 20.8 Å². The van der Waals surface area contributed by atoms with Gasteiger partial charge in [0.25, 0.3) is 0 Å². The van der Waals surface area contributed by atoms with Crippen LogP contribution in [-0.4, -0.2) is 0 Å². The fraction of sp³-hybridized carbons (Fsp3) is 1.00. The van der Waals surface area contributed by atoms with Crippen LogP contribution in [0.5, 0.6) is 0 Å². The molecule has 0 nitrogen and oxygen atoms in total. The minimum Gasteiger partial charge on any atom is -0.0654 e. The maximum Gasteiger partial charge on any atom is -0.0386 e. The van der Waals surface area contributed by atoms with E-state index in [1.165, 1.54) is 70.6 Å². The summed E-state index contributed by atoms with van der Waals surface area (Å²) in [6, 6.07) is 0. The van der Waals surface area contributed by atoms with Gasteiger partial charge in [-0.2, -0.15) is 0 Å². The van der Waals surface area contributed by atoms with Gasteiger partial charge in [-0.25, -0.2) is 0 Å². The summed E-state index contributed by atoms with van der Waals surface area (Å²) in [7, 11) is 0. The van der Waals surface area contributed by atoms with E-state index in [9.17, 15) is 0 Å². The fourth-order valence-electron chi connectivity index (χ4n) is 3.42. The molecule has 1 rings (SSSR count). The van der Waals surface area contributed by atoms with E-state index >= 15 is 0 Å². The summed E-state index contributed by atoms with van der Waals surface area (Å²) in [5.74, 6) is 3.20. The maximum absolute atomic E-state index is 2.45. The molecule has 0 spiro atoms. The molecule has 0 aromatic rings. The highest BCUT2D eigenvalue weighted by Crippen LogP contribution is 2.41. The Morgan fingerprint density at radius 1 is 0.737 bits per heavy atom. The van der Waals surface area contributed by atoms with Crippen LogP contribution in [0.3, 0.4) is 0 Å². The van der Waals surface area contributed by atoms with Gasteiger partial charge < -0.3 is 0 Å². The van der Waals surface area contributed by atoms with Crippen LogP contribution in [0.25, 0.3) is 0 Å². The molecule has 1 fully saturated rings. The molecule has 0 saturated heterocycles. The zero-order valence-electron chi connectivity index (χ0n) is 13.9. The number of unbranched alkanes of at least 4 members (excludes halogenated alkanes) is 4. The van der Waals surface area contributed by atoms with Crippen molar-refractivity contribution in [3.05, 3.63) is 0 Å². The summed E-state index contributed by atoms with van der Waals surface area (Å²) in [6.45, 7) is 7.09. The average molecular weight is 267 g/mol. The summed E-state index contributed by atoms with van der Waals surface area (Å²) in [5, 5.41) is 0. The second kappa shape index (κ2) is 10.7. The van der Waals surface area contributed by atoms with Gasteiger partial charge in [0.15, 0.2) is 0 Å². The van der Waals surface area contributed by atoms with Gasteiger partial charge >= 0.3 is 0 Å². The molecule has 114 valence electrons. The highest BCUT2D eigenvalue weighted by atomic mass is 14.3. The molecule has 0 aliphatic heterocycles. The molecule has 19 heavy (non-hydrogen) atoms. The molecule has 0 N–H and O–H groups in total. The topological polar surface area (TPSA) is 0 Å². The van der Waals surface area contributed by atoms with Crippen LogP contribution in [0.15, 0.2) is 0 Å². The van der Waals surface area contributed by atoms with E-state index in [1.54, 1.807) is 12.8 Å². The Morgan fingerprint density at radius 3 is 1.89 bits per heavy atom. The number of rotatable bonds is 13. The van der Waals surface area contributed by atoms with Gasteiger partial charge in [0.2, 0.25) is 0 Å². The molecule has 0 radical (unpaired) electrons. The zero-order valence-corrected chi connectivity index (χ0v) is 13.9. The summed E-state index contributed by atoms with van der Waals surface area (Å²) in [5.41, 5.74) is 0. The van der Waals surface area contributed by atoms with E-state index in [4.69, 9.17) is 0 Å². The Balaban J connectivity index is 1.96. The minimum absolute atomic E-state index is 0.972. The van der Waals surface area contributed by atoms with Crippen molar-refractivity contribution in [2.45, 2.75) is 104 Å². The largest absolute Gasteiger partial charge is 0.0654 e. The SMILES string of the molecule is CCCCC(C)CCCCCC(CCCC)C1CC1. The quantitative estimate of drug-likeness (QED) is 0.315. The summed E-state index contributed by atoms with van der Waals surface area (Å²) < 4.78 is 0. The van der Waals surface area contributed by atoms with Crippen LogP contribution >= 0.6 is 0 Å². The average Bonchev–Trinajstić information content (AvgIpc) is 3.24. The van der Waals surface area contributed by atoms with Crippen molar-refractivity contribution >= 4 is 0 Å². The molecular weight excluding hydrogens is 228 g/mol. The Kier molecular flexibility index (Phi) is 9.65. The minimum atomic E-state index is 0.972. The van der Waals surface area contributed by atoms with Crippen LogP contribution in [-0.2, 0) is 0 Å². The highest BCUT2D eigenvalue weighted by molar-refractivity contribution is 4.81. The Morgan fingerprint density at radius 2 is 1.26 bits per heavy atom. The van der Waals surface area contributed by atoms with E-state index in [0.29, 0.717) is 0 Å². The lowest BCUT2D eigenvalue weighted by Crippen LogP contribution is -2.03. The maximum atomic E-state index is 2.45. The molecule has 0 heteroatoms. The van der Waals surface area contributed by atoms with Crippen molar-refractivity contribution in [1.29, 1.82) is 0 Å². The second-order valence-corrected chi connectivity index (χ2v) is 7.13. The highest BCUT2D eigenvalue weighted by Gasteiger charge is 2.29. The van der Waals surface area contributed by atoms with E-state index in [0.717, 1.165) is 17.8 Å². The molecule has 1 aliphatic carbocycles. The Labute approximate surface area is 122 Å². The molecule has 0 amide bonds. The standard InChI is InChI=1S/C19H38/c1-4-6-11-17(3)12-9-8-10-14-18(13-7-5-2)19-15-16-19/h17-19H,4-16H2,1-3H3. The van der Waals surface area contributed by atoms with Crippen molar-refractivity contribution in [2.24, 2.45) is 17.8 Å². The van der Waals surface area contributed by atoms with Crippen molar-refractivity contribution in [3.8, 4) is 0 Å². The number of hydrogen-bond acceptors (Lipinski definition) is 0. The molecule has 1 saturated carbocycles. The normalized spacial score (nSPS) is 18.5. The molecule has 0 heterocycles. The Bertz CT molecular complexity index is 192. The van der Waals surface area contributed by atoms with Gasteiger partial charge in [-0.3, -0.25) is 0 Å². The monoisotopic (exact) mass is 266 g/mol. The molecular formula is C19H38. The zero-order chi connectivity index (χ0) is 13.9. The number of hydrogen-bond donors (Lipinski definition) is 0. The van der Waals surface area contributed by atoms with E-state index in [-0.39, 0.29) is 0 Å².